The maximum absolute atomic E-state index is 12.0. The van der Waals surface area contributed by atoms with Gasteiger partial charge in [0.25, 0.3) is 0 Å². The van der Waals surface area contributed by atoms with Gasteiger partial charge in [0.1, 0.15) is 5.60 Å². The molecule has 0 spiro atoms. The topological polar surface area (TPSA) is 42.4 Å². The van der Waals surface area contributed by atoms with Gasteiger partial charge in [0, 0.05) is 30.9 Å². The van der Waals surface area contributed by atoms with Crippen molar-refractivity contribution in [3.63, 3.8) is 0 Å². The van der Waals surface area contributed by atoms with Crippen molar-refractivity contribution in [1.29, 1.82) is 0 Å². The van der Waals surface area contributed by atoms with Crippen molar-refractivity contribution in [2.45, 2.75) is 52.1 Å². The lowest BCUT2D eigenvalue weighted by atomic mass is 9.91. The fourth-order valence-electron chi connectivity index (χ4n) is 2.64. The second-order valence-electron chi connectivity index (χ2n) is 6.60. The van der Waals surface area contributed by atoms with Crippen LogP contribution in [-0.4, -0.2) is 34.7 Å². The molecule has 0 atom stereocenters. The summed E-state index contributed by atoms with van der Waals surface area (Å²) in [6.45, 7) is 9.12. The molecular formula is C16H23ClN2O2. The Kier molecular flexibility index (Phi) is 4.77. The van der Waals surface area contributed by atoms with Crippen molar-refractivity contribution >= 4 is 17.7 Å². The summed E-state index contributed by atoms with van der Waals surface area (Å²) in [5.74, 6) is 0.390. The van der Waals surface area contributed by atoms with Crippen LogP contribution in [-0.2, 0) is 4.74 Å². The number of pyridine rings is 1. The SMILES string of the molecule is Cc1cc(Cl)cnc1C1CCN(C(=O)OC(C)(C)C)CC1. The standard InChI is InChI=1S/C16H23ClN2O2/c1-11-9-13(17)10-18-14(11)12-5-7-19(8-6-12)15(20)21-16(2,3)4/h9-10,12H,5-8H2,1-4H3. The molecule has 1 aliphatic heterocycles. The molecule has 5 heteroatoms. The molecule has 116 valence electrons. The Morgan fingerprint density at radius 3 is 2.52 bits per heavy atom. The lowest BCUT2D eigenvalue weighted by Gasteiger charge is -2.33. The molecule has 1 saturated heterocycles. The molecule has 1 aliphatic rings. The molecule has 1 amide bonds. The zero-order chi connectivity index (χ0) is 15.6. The number of halogens is 1. The molecule has 2 heterocycles. The fourth-order valence-corrected chi connectivity index (χ4v) is 2.85. The zero-order valence-electron chi connectivity index (χ0n) is 13.1. The number of hydrogen-bond donors (Lipinski definition) is 0. The van der Waals surface area contributed by atoms with Crippen LogP contribution in [0.5, 0.6) is 0 Å². The van der Waals surface area contributed by atoms with Gasteiger partial charge in [-0.15, -0.1) is 0 Å². The van der Waals surface area contributed by atoms with Crippen LogP contribution >= 0.6 is 11.6 Å². The molecule has 0 bridgehead atoms. The number of hydrogen-bond acceptors (Lipinski definition) is 3. The number of likely N-dealkylation sites (tertiary alicyclic amines) is 1. The smallest absolute Gasteiger partial charge is 0.410 e. The first-order valence-corrected chi connectivity index (χ1v) is 7.74. The van der Waals surface area contributed by atoms with E-state index < -0.39 is 5.60 Å². The van der Waals surface area contributed by atoms with Crippen LogP contribution in [0.2, 0.25) is 5.02 Å². The van der Waals surface area contributed by atoms with Crippen molar-refractivity contribution in [2.24, 2.45) is 0 Å². The quantitative estimate of drug-likeness (QED) is 0.782. The highest BCUT2D eigenvalue weighted by molar-refractivity contribution is 6.30. The number of rotatable bonds is 1. The lowest BCUT2D eigenvalue weighted by Crippen LogP contribution is -2.41. The number of amides is 1. The van der Waals surface area contributed by atoms with Gasteiger partial charge in [-0.3, -0.25) is 4.98 Å². The van der Waals surface area contributed by atoms with Crippen molar-refractivity contribution in [3.8, 4) is 0 Å². The maximum Gasteiger partial charge on any atom is 0.410 e. The highest BCUT2D eigenvalue weighted by Crippen LogP contribution is 2.30. The number of aromatic nitrogens is 1. The van der Waals surface area contributed by atoms with Crippen LogP contribution in [0, 0.1) is 6.92 Å². The minimum absolute atomic E-state index is 0.221. The molecule has 0 aromatic carbocycles. The van der Waals surface area contributed by atoms with Gasteiger partial charge < -0.3 is 9.64 Å². The van der Waals surface area contributed by atoms with Gasteiger partial charge in [-0.05, 0) is 52.2 Å². The Hall–Kier alpha value is -1.29. The third kappa shape index (κ3) is 4.34. The summed E-state index contributed by atoms with van der Waals surface area (Å²) in [7, 11) is 0. The van der Waals surface area contributed by atoms with Gasteiger partial charge in [0.05, 0.1) is 5.02 Å². The van der Waals surface area contributed by atoms with Gasteiger partial charge in [-0.25, -0.2) is 4.79 Å². The van der Waals surface area contributed by atoms with Gasteiger partial charge in [-0.1, -0.05) is 11.6 Å². The lowest BCUT2D eigenvalue weighted by molar-refractivity contribution is 0.0204. The number of carbonyl (C=O) groups excluding carboxylic acids is 1. The van der Waals surface area contributed by atoms with Crippen molar-refractivity contribution in [1.82, 2.24) is 9.88 Å². The Morgan fingerprint density at radius 2 is 2.00 bits per heavy atom. The summed E-state index contributed by atoms with van der Waals surface area (Å²) >= 11 is 5.95. The minimum atomic E-state index is -0.442. The average molecular weight is 311 g/mol. The molecule has 0 aliphatic carbocycles. The number of nitrogens with zero attached hydrogens (tertiary/aromatic N) is 2. The molecule has 1 fully saturated rings. The third-order valence-corrected chi connectivity index (χ3v) is 3.83. The highest BCUT2D eigenvalue weighted by Gasteiger charge is 2.28. The summed E-state index contributed by atoms with van der Waals surface area (Å²) in [6.07, 6.45) is 3.30. The number of piperidine rings is 1. The van der Waals surface area contributed by atoms with Crippen LogP contribution < -0.4 is 0 Å². The van der Waals surface area contributed by atoms with E-state index in [0.29, 0.717) is 24.0 Å². The maximum atomic E-state index is 12.0. The predicted octanol–water partition coefficient (Wildman–Crippen LogP) is 4.16. The second-order valence-corrected chi connectivity index (χ2v) is 7.03. The molecule has 2 rings (SSSR count). The Labute approximate surface area is 131 Å². The van der Waals surface area contributed by atoms with E-state index in [2.05, 4.69) is 4.98 Å². The minimum Gasteiger partial charge on any atom is -0.444 e. The molecular weight excluding hydrogens is 288 g/mol. The van der Waals surface area contributed by atoms with E-state index in [1.165, 1.54) is 0 Å². The molecule has 0 radical (unpaired) electrons. The number of ether oxygens (including phenoxy) is 1. The van der Waals surface area contributed by atoms with E-state index in [-0.39, 0.29) is 6.09 Å². The van der Waals surface area contributed by atoms with E-state index >= 15 is 0 Å². The molecule has 1 aromatic heterocycles. The predicted molar refractivity (Wildman–Crippen MR) is 83.8 cm³/mol. The van der Waals surface area contributed by atoms with Gasteiger partial charge in [0.15, 0.2) is 0 Å². The average Bonchev–Trinajstić information content (AvgIpc) is 2.37. The van der Waals surface area contributed by atoms with Crippen LogP contribution in [0.4, 0.5) is 4.79 Å². The third-order valence-electron chi connectivity index (χ3n) is 3.62. The molecule has 4 nitrogen and oxygen atoms in total. The van der Waals surface area contributed by atoms with E-state index in [1.54, 1.807) is 11.1 Å². The first-order valence-electron chi connectivity index (χ1n) is 7.36. The van der Waals surface area contributed by atoms with Gasteiger partial charge >= 0.3 is 6.09 Å². The normalized spacial score (nSPS) is 16.9. The number of aryl methyl sites for hydroxylation is 1. The molecule has 0 N–H and O–H groups in total. The summed E-state index contributed by atoms with van der Waals surface area (Å²) in [5, 5.41) is 0.669. The van der Waals surface area contributed by atoms with Crippen molar-refractivity contribution < 1.29 is 9.53 Å². The Balaban J connectivity index is 1.95. The Morgan fingerprint density at radius 1 is 1.38 bits per heavy atom. The van der Waals surface area contributed by atoms with E-state index in [9.17, 15) is 4.79 Å². The monoisotopic (exact) mass is 310 g/mol. The van der Waals surface area contributed by atoms with Crippen LogP contribution in [0.3, 0.4) is 0 Å². The highest BCUT2D eigenvalue weighted by atomic mass is 35.5. The molecule has 21 heavy (non-hydrogen) atoms. The van der Waals surface area contributed by atoms with Crippen LogP contribution in [0.1, 0.15) is 50.8 Å². The summed E-state index contributed by atoms with van der Waals surface area (Å²) in [4.78, 5) is 18.3. The van der Waals surface area contributed by atoms with Gasteiger partial charge in [0.2, 0.25) is 0 Å². The summed E-state index contributed by atoms with van der Waals surface area (Å²) in [6, 6.07) is 1.95. The van der Waals surface area contributed by atoms with Crippen LogP contribution in [0.25, 0.3) is 0 Å². The Bertz CT molecular complexity index is 517. The van der Waals surface area contributed by atoms with Crippen molar-refractivity contribution in [2.75, 3.05) is 13.1 Å². The fraction of sp³-hybridized carbons (Fsp3) is 0.625. The van der Waals surface area contributed by atoms with E-state index in [0.717, 1.165) is 24.1 Å². The second kappa shape index (κ2) is 6.22. The first-order chi connectivity index (χ1) is 9.76. The molecule has 1 aromatic rings. The molecule has 0 saturated carbocycles. The largest absolute Gasteiger partial charge is 0.444 e. The summed E-state index contributed by atoms with van der Waals surface area (Å²) < 4.78 is 5.41. The number of carbonyl (C=O) groups is 1. The van der Waals surface area contributed by atoms with E-state index in [1.807, 2.05) is 33.8 Å². The van der Waals surface area contributed by atoms with Crippen LogP contribution in [0.15, 0.2) is 12.3 Å². The summed E-state index contributed by atoms with van der Waals surface area (Å²) in [5.41, 5.74) is 1.78. The molecule has 0 unspecified atom stereocenters. The van der Waals surface area contributed by atoms with Gasteiger partial charge in [-0.2, -0.15) is 0 Å². The van der Waals surface area contributed by atoms with E-state index in [4.69, 9.17) is 16.3 Å². The zero-order valence-corrected chi connectivity index (χ0v) is 13.9. The van der Waals surface area contributed by atoms with Crippen molar-refractivity contribution in [3.05, 3.63) is 28.5 Å². The first kappa shape index (κ1) is 16.1.